The molecule has 1 heterocycles. The molecular formula is C14H14ClNO2. The largest absolute Gasteiger partial charge is 0.469 e. The number of carbonyl (C=O) groups is 1. The summed E-state index contributed by atoms with van der Waals surface area (Å²) in [6.07, 6.45) is 1.52. The van der Waals surface area contributed by atoms with Gasteiger partial charge in [-0.05, 0) is 24.6 Å². The van der Waals surface area contributed by atoms with Crippen molar-refractivity contribution in [3.8, 4) is 0 Å². The fourth-order valence-electron chi connectivity index (χ4n) is 1.77. The fraction of sp³-hybridized carbons (Fsp3) is 0.214. The highest BCUT2D eigenvalue weighted by atomic mass is 35.5. The van der Waals surface area contributed by atoms with E-state index in [0.29, 0.717) is 22.9 Å². The van der Waals surface area contributed by atoms with Crippen LogP contribution in [0.5, 0.6) is 0 Å². The molecule has 0 saturated carbocycles. The van der Waals surface area contributed by atoms with E-state index >= 15 is 0 Å². The van der Waals surface area contributed by atoms with Gasteiger partial charge in [0.25, 0.3) is 5.91 Å². The van der Waals surface area contributed by atoms with Crippen LogP contribution in [0.2, 0.25) is 5.02 Å². The van der Waals surface area contributed by atoms with Crippen molar-refractivity contribution in [2.24, 2.45) is 0 Å². The molecule has 0 N–H and O–H groups in total. The summed E-state index contributed by atoms with van der Waals surface area (Å²) in [6.45, 7) is 2.25. The molecule has 0 saturated heterocycles. The molecule has 2 rings (SSSR count). The van der Waals surface area contributed by atoms with Gasteiger partial charge in [0.1, 0.15) is 5.76 Å². The van der Waals surface area contributed by atoms with Crippen LogP contribution in [-0.2, 0) is 6.54 Å². The van der Waals surface area contributed by atoms with Crippen LogP contribution in [0.1, 0.15) is 21.7 Å². The van der Waals surface area contributed by atoms with E-state index in [1.807, 2.05) is 24.3 Å². The highest BCUT2D eigenvalue weighted by Crippen LogP contribution is 2.18. The lowest BCUT2D eigenvalue weighted by molar-refractivity contribution is 0.0783. The van der Waals surface area contributed by atoms with E-state index in [-0.39, 0.29) is 5.91 Å². The summed E-state index contributed by atoms with van der Waals surface area (Å²) in [5.41, 5.74) is 1.51. The van der Waals surface area contributed by atoms with E-state index in [1.165, 1.54) is 6.26 Å². The zero-order valence-electron chi connectivity index (χ0n) is 10.3. The molecule has 1 aromatic heterocycles. The van der Waals surface area contributed by atoms with E-state index in [9.17, 15) is 4.79 Å². The monoisotopic (exact) mass is 263 g/mol. The van der Waals surface area contributed by atoms with Crippen molar-refractivity contribution in [1.82, 2.24) is 4.90 Å². The van der Waals surface area contributed by atoms with Gasteiger partial charge in [-0.3, -0.25) is 4.79 Å². The van der Waals surface area contributed by atoms with Gasteiger partial charge in [0.2, 0.25) is 0 Å². The summed E-state index contributed by atoms with van der Waals surface area (Å²) in [6, 6.07) is 9.18. The molecular weight excluding hydrogens is 250 g/mol. The Balaban J connectivity index is 2.14. The molecule has 0 bridgehead atoms. The SMILES string of the molecule is Cc1occc1C(=O)N(C)Cc1ccccc1Cl. The summed E-state index contributed by atoms with van der Waals surface area (Å²) in [5, 5.41) is 0.668. The number of halogens is 1. The Morgan fingerprint density at radius 1 is 1.33 bits per heavy atom. The van der Waals surface area contributed by atoms with Gasteiger partial charge < -0.3 is 9.32 Å². The van der Waals surface area contributed by atoms with E-state index in [1.54, 1.807) is 24.9 Å². The van der Waals surface area contributed by atoms with Gasteiger partial charge in [-0.1, -0.05) is 29.8 Å². The predicted octanol–water partition coefficient (Wildman–Crippen LogP) is 3.51. The summed E-state index contributed by atoms with van der Waals surface area (Å²) in [4.78, 5) is 13.8. The topological polar surface area (TPSA) is 33.5 Å². The number of nitrogens with zero attached hydrogens (tertiary/aromatic N) is 1. The van der Waals surface area contributed by atoms with Gasteiger partial charge in [0.05, 0.1) is 11.8 Å². The number of benzene rings is 1. The molecule has 0 radical (unpaired) electrons. The lowest BCUT2D eigenvalue weighted by Crippen LogP contribution is -2.26. The maximum absolute atomic E-state index is 12.2. The Morgan fingerprint density at radius 3 is 2.67 bits per heavy atom. The highest BCUT2D eigenvalue weighted by molar-refractivity contribution is 6.31. The molecule has 1 amide bonds. The van der Waals surface area contributed by atoms with Crippen LogP contribution < -0.4 is 0 Å². The summed E-state index contributed by atoms with van der Waals surface area (Å²) in [7, 11) is 1.75. The van der Waals surface area contributed by atoms with E-state index in [0.717, 1.165) is 5.56 Å². The van der Waals surface area contributed by atoms with E-state index in [4.69, 9.17) is 16.0 Å². The van der Waals surface area contributed by atoms with Crippen LogP contribution in [0.4, 0.5) is 0 Å². The number of hydrogen-bond acceptors (Lipinski definition) is 2. The molecule has 0 spiro atoms. The third-order valence-corrected chi connectivity index (χ3v) is 3.17. The molecule has 94 valence electrons. The highest BCUT2D eigenvalue weighted by Gasteiger charge is 2.16. The molecule has 0 aliphatic carbocycles. The van der Waals surface area contributed by atoms with Gasteiger partial charge in [-0.15, -0.1) is 0 Å². The third-order valence-electron chi connectivity index (χ3n) is 2.80. The molecule has 18 heavy (non-hydrogen) atoms. The van der Waals surface area contributed by atoms with Crippen LogP contribution in [0, 0.1) is 6.92 Å². The average molecular weight is 264 g/mol. The predicted molar refractivity (Wildman–Crippen MR) is 70.7 cm³/mol. The van der Waals surface area contributed by atoms with Gasteiger partial charge in [-0.2, -0.15) is 0 Å². The van der Waals surface area contributed by atoms with Gasteiger partial charge in [0.15, 0.2) is 0 Å². The first-order valence-electron chi connectivity index (χ1n) is 5.62. The molecule has 0 aliphatic rings. The van der Waals surface area contributed by atoms with Crippen molar-refractivity contribution in [2.45, 2.75) is 13.5 Å². The van der Waals surface area contributed by atoms with Gasteiger partial charge >= 0.3 is 0 Å². The molecule has 3 nitrogen and oxygen atoms in total. The van der Waals surface area contributed by atoms with Gasteiger partial charge in [0, 0.05) is 18.6 Å². The quantitative estimate of drug-likeness (QED) is 0.849. The normalized spacial score (nSPS) is 10.4. The van der Waals surface area contributed by atoms with Crippen molar-refractivity contribution < 1.29 is 9.21 Å². The molecule has 0 atom stereocenters. The number of hydrogen-bond donors (Lipinski definition) is 0. The van der Waals surface area contributed by atoms with Crippen molar-refractivity contribution in [3.63, 3.8) is 0 Å². The zero-order chi connectivity index (χ0) is 13.1. The van der Waals surface area contributed by atoms with Crippen molar-refractivity contribution in [2.75, 3.05) is 7.05 Å². The van der Waals surface area contributed by atoms with Crippen LogP contribution in [0.15, 0.2) is 41.0 Å². The maximum atomic E-state index is 12.2. The Morgan fingerprint density at radius 2 is 2.06 bits per heavy atom. The molecule has 4 heteroatoms. The third kappa shape index (κ3) is 2.57. The minimum absolute atomic E-state index is 0.0684. The van der Waals surface area contributed by atoms with E-state index in [2.05, 4.69) is 0 Å². The molecule has 0 aliphatic heterocycles. The van der Waals surface area contributed by atoms with Gasteiger partial charge in [-0.25, -0.2) is 0 Å². The maximum Gasteiger partial charge on any atom is 0.257 e. The second-order valence-corrected chi connectivity index (χ2v) is 4.55. The Hall–Kier alpha value is -1.74. The first kappa shape index (κ1) is 12.7. The van der Waals surface area contributed by atoms with Crippen LogP contribution in [0.3, 0.4) is 0 Å². The zero-order valence-corrected chi connectivity index (χ0v) is 11.1. The number of amides is 1. The number of rotatable bonds is 3. The molecule has 0 unspecified atom stereocenters. The lowest BCUT2D eigenvalue weighted by atomic mass is 10.2. The van der Waals surface area contributed by atoms with Crippen LogP contribution in [-0.4, -0.2) is 17.9 Å². The molecule has 2 aromatic rings. The van der Waals surface area contributed by atoms with Crippen molar-refractivity contribution >= 4 is 17.5 Å². The lowest BCUT2D eigenvalue weighted by Gasteiger charge is -2.17. The Bertz CT molecular complexity index is 562. The van der Waals surface area contributed by atoms with Crippen LogP contribution in [0.25, 0.3) is 0 Å². The second-order valence-electron chi connectivity index (χ2n) is 4.14. The van der Waals surface area contributed by atoms with Crippen molar-refractivity contribution in [1.29, 1.82) is 0 Å². The number of aryl methyl sites for hydroxylation is 1. The number of carbonyl (C=O) groups excluding carboxylic acids is 1. The average Bonchev–Trinajstić information content (AvgIpc) is 2.77. The van der Waals surface area contributed by atoms with Crippen LogP contribution >= 0.6 is 11.6 Å². The van der Waals surface area contributed by atoms with Crippen molar-refractivity contribution in [3.05, 3.63) is 58.5 Å². The molecule has 0 fully saturated rings. The smallest absolute Gasteiger partial charge is 0.257 e. The Labute approximate surface area is 111 Å². The summed E-state index contributed by atoms with van der Waals surface area (Å²) >= 11 is 6.07. The Kier molecular flexibility index (Phi) is 3.72. The fourth-order valence-corrected chi connectivity index (χ4v) is 1.96. The second kappa shape index (κ2) is 5.27. The standard InChI is InChI=1S/C14H14ClNO2/c1-10-12(7-8-18-10)14(17)16(2)9-11-5-3-4-6-13(11)15/h3-8H,9H2,1-2H3. The first-order valence-corrected chi connectivity index (χ1v) is 6.00. The minimum atomic E-state index is -0.0684. The minimum Gasteiger partial charge on any atom is -0.469 e. The summed E-state index contributed by atoms with van der Waals surface area (Å²) < 4.78 is 5.14. The molecule has 1 aromatic carbocycles. The first-order chi connectivity index (χ1) is 8.59. The van der Waals surface area contributed by atoms with E-state index < -0.39 is 0 Å². The summed E-state index contributed by atoms with van der Waals surface area (Å²) in [5.74, 6) is 0.562. The number of furan rings is 1.